The smallest absolute Gasteiger partial charge is 0.406 e. The molecule has 0 spiro atoms. The summed E-state index contributed by atoms with van der Waals surface area (Å²) in [5, 5.41) is 0. The highest BCUT2D eigenvalue weighted by Gasteiger charge is 2.30. The van der Waals surface area contributed by atoms with Crippen LogP contribution in [0, 0.1) is 5.82 Å². The first-order valence-corrected chi connectivity index (χ1v) is 7.21. The molecule has 23 heavy (non-hydrogen) atoms. The molecule has 2 aromatic rings. The molecule has 0 aliphatic carbocycles. The first-order valence-electron chi connectivity index (χ1n) is 7.21. The van der Waals surface area contributed by atoms with Gasteiger partial charge in [-0.05, 0) is 47.4 Å². The fraction of sp³-hybridized carbons (Fsp3) is 0.222. The fourth-order valence-corrected chi connectivity index (χ4v) is 2.16. The van der Waals surface area contributed by atoms with Crippen LogP contribution in [0.2, 0.25) is 0 Å². The molecule has 0 aliphatic rings. The molecular weight excluding hydrogens is 308 g/mol. The Labute approximate surface area is 132 Å². The zero-order valence-corrected chi connectivity index (χ0v) is 12.5. The number of rotatable bonds is 5. The molecule has 0 saturated carbocycles. The highest BCUT2D eigenvalue weighted by molar-refractivity contribution is 5.79. The van der Waals surface area contributed by atoms with Gasteiger partial charge in [0.05, 0.1) is 0 Å². The number of alkyl halides is 3. The zero-order chi connectivity index (χ0) is 16.9. The first-order chi connectivity index (χ1) is 10.9. The molecule has 0 unspecified atom stereocenters. The highest BCUT2D eigenvalue weighted by atomic mass is 19.4. The van der Waals surface area contributed by atoms with E-state index in [1.54, 1.807) is 24.3 Å². The predicted molar refractivity (Wildman–Crippen MR) is 81.5 cm³/mol. The Hall–Kier alpha value is -2.30. The van der Waals surface area contributed by atoms with Crippen molar-refractivity contribution in [3.8, 4) is 5.75 Å². The lowest BCUT2D eigenvalue weighted by Gasteiger charge is -2.12. The normalized spacial score (nSPS) is 12.3. The maximum Gasteiger partial charge on any atom is 0.573 e. The summed E-state index contributed by atoms with van der Waals surface area (Å²) >= 11 is 0. The van der Waals surface area contributed by atoms with Crippen molar-refractivity contribution in [3.63, 3.8) is 0 Å². The van der Waals surface area contributed by atoms with E-state index < -0.39 is 6.36 Å². The second-order valence-electron chi connectivity index (χ2n) is 4.99. The topological polar surface area (TPSA) is 9.23 Å². The molecule has 1 nitrogen and oxygen atoms in total. The molecule has 0 fully saturated rings. The molecule has 0 bridgehead atoms. The number of hydrogen-bond donors (Lipinski definition) is 0. The largest absolute Gasteiger partial charge is 0.573 e. The van der Waals surface area contributed by atoms with Gasteiger partial charge in [-0.15, -0.1) is 13.2 Å². The fourth-order valence-electron chi connectivity index (χ4n) is 2.16. The minimum Gasteiger partial charge on any atom is -0.406 e. The summed E-state index contributed by atoms with van der Waals surface area (Å²) in [5.41, 5.74) is 2.41. The molecule has 2 rings (SSSR count). The summed E-state index contributed by atoms with van der Waals surface area (Å²) in [4.78, 5) is 0. The minimum absolute atomic E-state index is 0.268. The third kappa shape index (κ3) is 5.13. The van der Waals surface area contributed by atoms with Crippen LogP contribution in [0.1, 0.15) is 30.9 Å². The highest BCUT2D eigenvalue weighted by Crippen LogP contribution is 2.28. The van der Waals surface area contributed by atoms with Gasteiger partial charge >= 0.3 is 6.36 Å². The average Bonchev–Trinajstić information content (AvgIpc) is 2.49. The molecule has 0 saturated heterocycles. The molecule has 0 atom stereocenters. The summed E-state index contributed by atoms with van der Waals surface area (Å²) in [7, 11) is 0. The van der Waals surface area contributed by atoms with Crippen LogP contribution >= 0.6 is 0 Å². The van der Waals surface area contributed by atoms with Crippen molar-refractivity contribution >= 4 is 5.57 Å². The molecule has 0 heterocycles. The molecule has 0 N–H and O–H groups in total. The van der Waals surface area contributed by atoms with Gasteiger partial charge in [-0.3, -0.25) is 0 Å². The Morgan fingerprint density at radius 3 is 1.96 bits per heavy atom. The van der Waals surface area contributed by atoms with Gasteiger partial charge in [-0.25, -0.2) is 4.39 Å². The summed E-state index contributed by atoms with van der Waals surface area (Å²) in [5.74, 6) is -0.604. The second-order valence-corrected chi connectivity index (χ2v) is 4.99. The number of allylic oxidation sites excluding steroid dienone is 1. The second kappa shape index (κ2) is 7.31. The van der Waals surface area contributed by atoms with Gasteiger partial charge in [0.25, 0.3) is 0 Å². The van der Waals surface area contributed by atoms with Crippen molar-refractivity contribution in [2.24, 2.45) is 0 Å². The third-order valence-electron chi connectivity index (χ3n) is 3.19. The van der Waals surface area contributed by atoms with Crippen LogP contribution in [0.15, 0.2) is 54.6 Å². The summed E-state index contributed by atoms with van der Waals surface area (Å²) in [6.45, 7) is 2.03. The van der Waals surface area contributed by atoms with E-state index in [-0.39, 0.29) is 11.6 Å². The Morgan fingerprint density at radius 1 is 0.957 bits per heavy atom. The lowest BCUT2D eigenvalue weighted by Crippen LogP contribution is -2.17. The van der Waals surface area contributed by atoms with Crippen LogP contribution in [0.4, 0.5) is 17.6 Å². The predicted octanol–water partition coefficient (Wildman–Crippen LogP) is 5.96. The van der Waals surface area contributed by atoms with E-state index in [4.69, 9.17) is 0 Å². The lowest BCUT2D eigenvalue weighted by atomic mass is 9.96. The van der Waals surface area contributed by atoms with Crippen LogP contribution in [-0.4, -0.2) is 6.36 Å². The SMILES string of the molecule is CCCC=C(c1ccc(F)cc1)c1ccc(OC(F)(F)F)cc1. The van der Waals surface area contributed by atoms with E-state index in [0.29, 0.717) is 0 Å². The van der Waals surface area contributed by atoms with E-state index in [9.17, 15) is 17.6 Å². The van der Waals surface area contributed by atoms with Crippen molar-refractivity contribution in [1.29, 1.82) is 0 Å². The van der Waals surface area contributed by atoms with E-state index in [1.807, 2.05) is 13.0 Å². The van der Waals surface area contributed by atoms with Gasteiger partial charge in [0.1, 0.15) is 11.6 Å². The van der Waals surface area contributed by atoms with Gasteiger partial charge < -0.3 is 4.74 Å². The first kappa shape index (κ1) is 17.1. The zero-order valence-electron chi connectivity index (χ0n) is 12.5. The van der Waals surface area contributed by atoms with Gasteiger partial charge in [-0.1, -0.05) is 43.7 Å². The standard InChI is InChI=1S/C18H16F4O/c1-2-3-4-17(13-5-9-15(19)10-6-13)14-7-11-16(12-8-14)23-18(20,21)22/h4-12H,2-3H2,1H3. The van der Waals surface area contributed by atoms with Crippen LogP contribution in [0.25, 0.3) is 5.57 Å². The van der Waals surface area contributed by atoms with Crippen molar-refractivity contribution in [3.05, 3.63) is 71.6 Å². The summed E-state index contributed by atoms with van der Waals surface area (Å²) in [6.07, 6.45) is -0.973. The maximum absolute atomic E-state index is 13.1. The Morgan fingerprint density at radius 2 is 1.48 bits per heavy atom. The Bertz CT molecular complexity index is 655. The molecule has 2 aromatic carbocycles. The van der Waals surface area contributed by atoms with Crippen molar-refractivity contribution in [1.82, 2.24) is 0 Å². The molecule has 0 radical (unpaired) electrons. The minimum atomic E-state index is -4.71. The molecule has 5 heteroatoms. The van der Waals surface area contributed by atoms with Gasteiger partial charge in [0, 0.05) is 0 Å². The Balaban J connectivity index is 2.31. The van der Waals surface area contributed by atoms with E-state index in [1.165, 1.54) is 24.3 Å². The van der Waals surface area contributed by atoms with Crippen LogP contribution < -0.4 is 4.74 Å². The van der Waals surface area contributed by atoms with E-state index in [0.717, 1.165) is 29.5 Å². The molecule has 122 valence electrons. The van der Waals surface area contributed by atoms with Crippen LogP contribution in [-0.2, 0) is 0 Å². The number of unbranched alkanes of at least 4 members (excludes halogenated alkanes) is 1. The summed E-state index contributed by atoms with van der Waals surface area (Å²) < 4.78 is 53.5. The van der Waals surface area contributed by atoms with Crippen molar-refractivity contribution in [2.75, 3.05) is 0 Å². The van der Waals surface area contributed by atoms with Gasteiger partial charge in [-0.2, -0.15) is 0 Å². The van der Waals surface area contributed by atoms with Crippen molar-refractivity contribution < 1.29 is 22.3 Å². The number of halogens is 4. The van der Waals surface area contributed by atoms with Gasteiger partial charge in [0.15, 0.2) is 0 Å². The molecule has 0 amide bonds. The number of hydrogen-bond acceptors (Lipinski definition) is 1. The quantitative estimate of drug-likeness (QED) is 0.617. The molecule has 0 aromatic heterocycles. The van der Waals surface area contributed by atoms with Crippen molar-refractivity contribution in [2.45, 2.75) is 26.1 Å². The lowest BCUT2D eigenvalue weighted by molar-refractivity contribution is -0.274. The maximum atomic E-state index is 13.1. The summed E-state index contributed by atoms with van der Waals surface area (Å²) in [6, 6.07) is 11.7. The monoisotopic (exact) mass is 324 g/mol. The molecule has 0 aliphatic heterocycles. The third-order valence-corrected chi connectivity index (χ3v) is 3.19. The Kier molecular flexibility index (Phi) is 5.42. The number of benzene rings is 2. The average molecular weight is 324 g/mol. The number of ether oxygens (including phenoxy) is 1. The van der Waals surface area contributed by atoms with Crippen LogP contribution in [0.5, 0.6) is 5.75 Å². The van der Waals surface area contributed by atoms with Crippen LogP contribution in [0.3, 0.4) is 0 Å². The van der Waals surface area contributed by atoms with E-state index >= 15 is 0 Å². The van der Waals surface area contributed by atoms with E-state index in [2.05, 4.69) is 4.74 Å². The molecular formula is C18H16F4O. The van der Waals surface area contributed by atoms with Gasteiger partial charge in [0.2, 0.25) is 0 Å².